The zero-order valence-corrected chi connectivity index (χ0v) is 19.6. The normalized spacial score (nSPS) is 15.4. The summed E-state index contributed by atoms with van der Waals surface area (Å²) in [4.78, 5) is 27.5. The molecule has 2 amide bonds. The molecule has 176 valence electrons. The molecule has 5 nitrogen and oxygen atoms in total. The van der Waals surface area contributed by atoms with Gasteiger partial charge in [0.1, 0.15) is 11.5 Å². The Balaban J connectivity index is 1.12. The van der Waals surface area contributed by atoms with Crippen molar-refractivity contribution in [1.82, 2.24) is 0 Å². The number of ether oxygens (including phenoxy) is 1. The van der Waals surface area contributed by atoms with E-state index in [4.69, 9.17) is 4.74 Å². The molecule has 1 saturated heterocycles. The third kappa shape index (κ3) is 4.27. The molecule has 0 aromatic heterocycles. The van der Waals surface area contributed by atoms with E-state index in [9.17, 15) is 9.59 Å². The van der Waals surface area contributed by atoms with Crippen LogP contribution >= 0.6 is 0 Å². The molecule has 0 spiro atoms. The van der Waals surface area contributed by atoms with Gasteiger partial charge in [0.2, 0.25) is 11.8 Å². The minimum atomic E-state index is -0.412. The quantitative estimate of drug-likeness (QED) is 0.307. The second-order valence-corrected chi connectivity index (χ2v) is 9.03. The highest BCUT2D eigenvalue weighted by Crippen LogP contribution is 2.32. The molecule has 0 unspecified atom stereocenters. The Bertz CT molecular complexity index is 1590. The van der Waals surface area contributed by atoms with Gasteiger partial charge in [-0.1, -0.05) is 66.7 Å². The van der Waals surface area contributed by atoms with Gasteiger partial charge in [0, 0.05) is 24.0 Å². The second kappa shape index (κ2) is 9.19. The number of nitrogens with zero attached hydrogens (tertiary/aromatic N) is 1. The molecule has 0 saturated carbocycles. The number of rotatable bonds is 5. The van der Waals surface area contributed by atoms with Crippen LogP contribution in [0.4, 0.5) is 11.4 Å². The van der Waals surface area contributed by atoms with Crippen molar-refractivity contribution in [2.24, 2.45) is 5.92 Å². The van der Waals surface area contributed by atoms with E-state index >= 15 is 0 Å². The lowest BCUT2D eigenvalue weighted by Crippen LogP contribution is -2.28. The summed E-state index contributed by atoms with van der Waals surface area (Å²) in [7, 11) is 0. The third-order valence-electron chi connectivity index (χ3n) is 6.63. The standard InChI is InChI=1S/C31H24N2O3/c34-30-19-24(20-33(30)29-11-5-9-22-7-3-4-10-28(22)29)31(35)32-25-13-16-26(17-14-25)36-27-15-12-21-6-1-2-8-23(21)18-27/h1-18,24H,19-20H2,(H,32,35)/t24-/m1/s1. The molecule has 5 aromatic rings. The first-order valence-corrected chi connectivity index (χ1v) is 12.0. The lowest BCUT2D eigenvalue weighted by molar-refractivity contribution is -0.122. The Kier molecular flexibility index (Phi) is 5.58. The van der Waals surface area contributed by atoms with Gasteiger partial charge < -0.3 is 15.0 Å². The number of hydrogen-bond donors (Lipinski definition) is 1. The van der Waals surface area contributed by atoms with Crippen LogP contribution in [0.15, 0.2) is 109 Å². The molecule has 1 heterocycles. The topological polar surface area (TPSA) is 58.6 Å². The summed E-state index contributed by atoms with van der Waals surface area (Å²) in [6.45, 7) is 0.363. The fourth-order valence-corrected chi connectivity index (χ4v) is 4.78. The smallest absolute Gasteiger partial charge is 0.229 e. The number of fused-ring (bicyclic) bond motifs is 2. The van der Waals surface area contributed by atoms with Crippen LogP contribution in [0.3, 0.4) is 0 Å². The monoisotopic (exact) mass is 472 g/mol. The number of nitrogens with one attached hydrogen (secondary N) is 1. The van der Waals surface area contributed by atoms with Gasteiger partial charge >= 0.3 is 0 Å². The maximum atomic E-state index is 13.0. The molecule has 0 bridgehead atoms. The number of hydrogen-bond acceptors (Lipinski definition) is 3. The summed E-state index contributed by atoms with van der Waals surface area (Å²) < 4.78 is 5.99. The van der Waals surface area contributed by atoms with E-state index in [1.54, 1.807) is 4.90 Å². The van der Waals surface area contributed by atoms with Crippen LogP contribution in [-0.2, 0) is 9.59 Å². The minimum absolute atomic E-state index is 0.0364. The van der Waals surface area contributed by atoms with E-state index in [1.807, 2.05) is 97.1 Å². The van der Waals surface area contributed by atoms with Gasteiger partial charge in [-0.25, -0.2) is 0 Å². The fourth-order valence-electron chi connectivity index (χ4n) is 4.78. The van der Waals surface area contributed by atoms with Crippen LogP contribution < -0.4 is 15.0 Å². The van der Waals surface area contributed by atoms with E-state index in [2.05, 4.69) is 17.4 Å². The second-order valence-electron chi connectivity index (χ2n) is 9.03. The molecule has 0 radical (unpaired) electrons. The predicted molar refractivity (Wildman–Crippen MR) is 144 cm³/mol. The fraction of sp³-hybridized carbons (Fsp3) is 0.0968. The van der Waals surface area contributed by atoms with Crippen LogP contribution in [-0.4, -0.2) is 18.4 Å². The Morgan fingerprint density at radius 2 is 1.44 bits per heavy atom. The summed E-state index contributed by atoms with van der Waals surface area (Å²) in [5.74, 6) is 0.829. The van der Waals surface area contributed by atoms with Crippen molar-refractivity contribution in [3.63, 3.8) is 0 Å². The molecule has 36 heavy (non-hydrogen) atoms. The van der Waals surface area contributed by atoms with E-state index in [1.165, 1.54) is 0 Å². The first-order chi connectivity index (χ1) is 17.6. The zero-order valence-electron chi connectivity index (χ0n) is 19.6. The largest absolute Gasteiger partial charge is 0.457 e. The van der Waals surface area contributed by atoms with Crippen LogP contribution in [0.2, 0.25) is 0 Å². The average molecular weight is 473 g/mol. The molecular formula is C31H24N2O3. The average Bonchev–Trinajstić information content (AvgIpc) is 3.31. The lowest BCUT2D eigenvalue weighted by atomic mass is 10.1. The molecular weight excluding hydrogens is 448 g/mol. The number of amides is 2. The first kappa shape index (κ1) is 21.9. The number of benzene rings is 5. The highest BCUT2D eigenvalue weighted by Gasteiger charge is 2.35. The molecule has 5 heteroatoms. The van der Waals surface area contributed by atoms with Crippen molar-refractivity contribution in [2.75, 3.05) is 16.8 Å². The molecule has 6 rings (SSSR count). The van der Waals surface area contributed by atoms with Crippen molar-refractivity contribution < 1.29 is 14.3 Å². The summed E-state index contributed by atoms with van der Waals surface area (Å²) in [5.41, 5.74) is 1.52. The zero-order chi connectivity index (χ0) is 24.5. The Hall–Kier alpha value is -4.64. The number of anilines is 2. The van der Waals surface area contributed by atoms with Gasteiger partial charge in [0.05, 0.1) is 11.6 Å². The number of carbonyl (C=O) groups is 2. The van der Waals surface area contributed by atoms with Crippen LogP contribution in [0.5, 0.6) is 11.5 Å². The first-order valence-electron chi connectivity index (χ1n) is 12.0. The van der Waals surface area contributed by atoms with Crippen molar-refractivity contribution in [2.45, 2.75) is 6.42 Å². The molecule has 1 aliphatic heterocycles. The minimum Gasteiger partial charge on any atom is -0.457 e. The van der Waals surface area contributed by atoms with Gasteiger partial charge in [-0.3, -0.25) is 9.59 Å². The van der Waals surface area contributed by atoms with Gasteiger partial charge in [0.15, 0.2) is 0 Å². The van der Waals surface area contributed by atoms with Crippen LogP contribution in [0.25, 0.3) is 21.5 Å². The summed E-state index contributed by atoms with van der Waals surface area (Å²) in [6, 6.07) is 35.3. The van der Waals surface area contributed by atoms with Gasteiger partial charge in [0.25, 0.3) is 0 Å². The van der Waals surface area contributed by atoms with Gasteiger partial charge in [-0.2, -0.15) is 0 Å². The number of carbonyl (C=O) groups excluding carboxylic acids is 2. The Morgan fingerprint density at radius 3 is 2.28 bits per heavy atom. The summed E-state index contributed by atoms with van der Waals surface area (Å²) in [6.07, 6.45) is 0.193. The summed E-state index contributed by atoms with van der Waals surface area (Å²) >= 11 is 0. The van der Waals surface area contributed by atoms with Crippen LogP contribution in [0.1, 0.15) is 6.42 Å². The molecule has 1 atom stereocenters. The predicted octanol–water partition coefficient (Wildman–Crippen LogP) is 6.78. The highest BCUT2D eigenvalue weighted by molar-refractivity contribution is 6.08. The summed E-state index contributed by atoms with van der Waals surface area (Å²) in [5, 5.41) is 7.31. The van der Waals surface area contributed by atoms with E-state index in [0.717, 1.165) is 33.0 Å². The van der Waals surface area contributed by atoms with Crippen molar-refractivity contribution in [1.29, 1.82) is 0 Å². The van der Waals surface area contributed by atoms with E-state index < -0.39 is 5.92 Å². The maximum absolute atomic E-state index is 13.0. The Labute approximate surface area is 208 Å². The maximum Gasteiger partial charge on any atom is 0.229 e. The highest BCUT2D eigenvalue weighted by atomic mass is 16.5. The molecule has 5 aromatic carbocycles. The molecule has 0 aliphatic carbocycles. The van der Waals surface area contributed by atoms with Gasteiger partial charge in [-0.05, 0) is 58.6 Å². The van der Waals surface area contributed by atoms with Crippen molar-refractivity contribution in [3.05, 3.63) is 109 Å². The molecule has 1 aliphatic rings. The Morgan fingerprint density at radius 1 is 0.750 bits per heavy atom. The molecule has 1 N–H and O–H groups in total. The van der Waals surface area contributed by atoms with Crippen molar-refractivity contribution >= 4 is 44.7 Å². The van der Waals surface area contributed by atoms with E-state index in [0.29, 0.717) is 18.0 Å². The van der Waals surface area contributed by atoms with Gasteiger partial charge in [-0.15, -0.1) is 0 Å². The molecule has 1 fully saturated rings. The SMILES string of the molecule is O=C(Nc1ccc(Oc2ccc3ccccc3c2)cc1)[C@@H]1CC(=O)N(c2cccc3ccccc23)C1. The van der Waals surface area contributed by atoms with Crippen molar-refractivity contribution in [3.8, 4) is 11.5 Å². The third-order valence-corrected chi connectivity index (χ3v) is 6.63. The van der Waals surface area contributed by atoms with E-state index in [-0.39, 0.29) is 18.2 Å². The lowest BCUT2D eigenvalue weighted by Gasteiger charge is -2.19. The van der Waals surface area contributed by atoms with Crippen LogP contribution in [0, 0.1) is 5.92 Å².